The quantitative estimate of drug-likeness (QED) is 0.598. The fraction of sp³-hybridized carbons (Fsp3) is 0.308. The van der Waals surface area contributed by atoms with Gasteiger partial charge in [-0.3, -0.25) is 9.59 Å². The standard InChI is InChI=1S/C26H25N3O5/c30-25-22(27-26(31)24-15-21(34-29-24)13-17-5-2-1-3-6-17)11-9-18-8-10-19(14-23(18)28-25)33-16-20-7-4-12-32-20/h1-3,5-6,8,10,14-15,20H,4,7,9,11-13,16H2,(H,28,30). The fourth-order valence-corrected chi connectivity index (χ4v) is 4.09. The third-order valence-corrected chi connectivity index (χ3v) is 5.92. The normalized spacial score (nSPS) is 18.9. The highest BCUT2D eigenvalue weighted by Crippen LogP contribution is 2.27. The van der Waals surface area contributed by atoms with Crippen LogP contribution < -0.4 is 10.1 Å². The molecule has 8 heteroatoms. The fourth-order valence-electron chi connectivity index (χ4n) is 4.09. The van der Waals surface area contributed by atoms with Crippen molar-refractivity contribution in [1.82, 2.24) is 5.16 Å². The molecule has 0 saturated carbocycles. The minimum atomic E-state index is -0.597. The van der Waals surface area contributed by atoms with Crippen molar-refractivity contribution < 1.29 is 23.6 Å². The Kier molecular flexibility index (Phi) is 6.49. The second-order valence-electron chi connectivity index (χ2n) is 8.42. The number of fused-ring (bicyclic) bond motifs is 1. The highest BCUT2D eigenvalue weighted by atomic mass is 16.5. The summed E-state index contributed by atoms with van der Waals surface area (Å²) >= 11 is 0. The summed E-state index contributed by atoms with van der Waals surface area (Å²) in [5, 5.41) is 6.70. The van der Waals surface area contributed by atoms with Crippen LogP contribution in [0.3, 0.4) is 0 Å². The highest BCUT2D eigenvalue weighted by molar-refractivity contribution is 6.45. The van der Waals surface area contributed by atoms with E-state index in [0.717, 1.165) is 30.6 Å². The molecule has 1 fully saturated rings. The summed E-state index contributed by atoms with van der Waals surface area (Å²) in [5.74, 6) is 0.221. The second kappa shape index (κ2) is 10.0. The van der Waals surface area contributed by atoms with E-state index in [9.17, 15) is 9.59 Å². The third-order valence-electron chi connectivity index (χ3n) is 5.92. The molecule has 3 aromatic rings. The zero-order valence-electron chi connectivity index (χ0n) is 18.7. The first-order valence-electron chi connectivity index (χ1n) is 11.4. The average Bonchev–Trinajstić information content (AvgIpc) is 3.51. The van der Waals surface area contributed by atoms with Crippen molar-refractivity contribution in [2.24, 2.45) is 4.99 Å². The molecular weight excluding hydrogens is 434 g/mol. The largest absolute Gasteiger partial charge is 0.491 e. The van der Waals surface area contributed by atoms with Crippen molar-refractivity contribution in [3.63, 3.8) is 0 Å². The van der Waals surface area contributed by atoms with Crippen LogP contribution in [0.5, 0.6) is 5.75 Å². The number of aliphatic imine (C=N–C) groups is 1. The first-order valence-corrected chi connectivity index (χ1v) is 11.4. The minimum absolute atomic E-state index is 0.0813. The molecule has 34 heavy (non-hydrogen) atoms. The molecular formula is C26H25N3O5. The molecule has 8 nitrogen and oxygen atoms in total. The molecule has 0 spiro atoms. The van der Waals surface area contributed by atoms with Gasteiger partial charge >= 0.3 is 0 Å². The summed E-state index contributed by atoms with van der Waals surface area (Å²) in [6, 6.07) is 16.9. The lowest BCUT2D eigenvalue weighted by Gasteiger charge is -2.13. The predicted molar refractivity (Wildman–Crippen MR) is 125 cm³/mol. The molecule has 0 bridgehead atoms. The maximum Gasteiger partial charge on any atom is 0.299 e. The molecule has 2 aliphatic rings. The number of hydrogen-bond donors (Lipinski definition) is 1. The number of anilines is 1. The topological polar surface area (TPSA) is 103 Å². The number of carbonyl (C=O) groups is 2. The molecule has 1 saturated heterocycles. The lowest BCUT2D eigenvalue weighted by Crippen LogP contribution is -2.22. The number of benzene rings is 2. The monoisotopic (exact) mass is 459 g/mol. The van der Waals surface area contributed by atoms with Crippen molar-refractivity contribution >= 4 is 23.2 Å². The third kappa shape index (κ3) is 5.23. The van der Waals surface area contributed by atoms with E-state index in [1.54, 1.807) is 12.1 Å². The summed E-state index contributed by atoms with van der Waals surface area (Å²) in [6.45, 7) is 1.26. The summed E-state index contributed by atoms with van der Waals surface area (Å²) in [6.07, 6.45) is 3.60. The van der Waals surface area contributed by atoms with Gasteiger partial charge in [-0.1, -0.05) is 41.6 Å². The Morgan fingerprint density at radius 2 is 2.03 bits per heavy atom. The summed E-state index contributed by atoms with van der Waals surface area (Å²) in [4.78, 5) is 29.5. The van der Waals surface area contributed by atoms with Gasteiger partial charge in [-0.15, -0.1) is 0 Å². The molecule has 1 N–H and O–H groups in total. The zero-order chi connectivity index (χ0) is 23.3. The Morgan fingerprint density at radius 1 is 1.15 bits per heavy atom. The number of amides is 2. The zero-order valence-corrected chi connectivity index (χ0v) is 18.7. The number of hydrogen-bond acceptors (Lipinski definition) is 6. The first kappa shape index (κ1) is 22.0. The van der Waals surface area contributed by atoms with E-state index in [2.05, 4.69) is 15.5 Å². The van der Waals surface area contributed by atoms with E-state index in [-0.39, 0.29) is 17.5 Å². The van der Waals surface area contributed by atoms with Crippen LogP contribution in [0.15, 0.2) is 64.1 Å². The van der Waals surface area contributed by atoms with Crippen LogP contribution >= 0.6 is 0 Å². The molecule has 0 aliphatic carbocycles. The van der Waals surface area contributed by atoms with E-state index in [1.807, 2.05) is 42.5 Å². The summed E-state index contributed by atoms with van der Waals surface area (Å²) in [7, 11) is 0. The minimum Gasteiger partial charge on any atom is -0.491 e. The molecule has 2 amide bonds. The van der Waals surface area contributed by atoms with Crippen LogP contribution in [0.4, 0.5) is 5.69 Å². The van der Waals surface area contributed by atoms with Gasteiger partial charge in [0.1, 0.15) is 23.8 Å². The predicted octanol–water partition coefficient (Wildman–Crippen LogP) is 3.99. The number of nitrogens with one attached hydrogen (secondary N) is 1. The molecule has 0 radical (unpaired) electrons. The van der Waals surface area contributed by atoms with E-state index < -0.39 is 11.8 Å². The average molecular weight is 460 g/mol. The Morgan fingerprint density at radius 3 is 2.85 bits per heavy atom. The maximum atomic E-state index is 12.8. The van der Waals surface area contributed by atoms with Gasteiger partial charge in [0.15, 0.2) is 5.69 Å². The molecule has 1 aromatic heterocycles. The van der Waals surface area contributed by atoms with Crippen LogP contribution in [-0.4, -0.2) is 42.0 Å². The molecule has 3 heterocycles. The van der Waals surface area contributed by atoms with E-state index in [1.165, 1.54) is 0 Å². The van der Waals surface area contributed by atoms with Gasteiger partial charge in [0.05, 0.1) is 6.10 Å². The van der Waals surface area contributed by atoms with Gasteiger partial charge in [-0.2, -0.15) is 0 Å². The number of aromatic nitrogens is 1. The van der Waals surface area contributed by atoms with Crippen LogP contribution in [0, 0.1) is 0 Å². The highest BCUT2D eigenvalue weighted by Gasteiger charge is 2.23. The molecule has 174 valence electrons. The van der Waals surface area contributed by atoms with Crippen molar-refractivity contribution in [2.45, 2.75) is 38.2 Å². The van der Waals surface area contributed by atoms with Crippen LogP contribution in [0.25, 0.3) is 0 Å². The Bertz CT molecular complexity index is 1210. The van der Waals surface area contributed by atoms with Gasteiger partial charge < -0.3 is 19.3 Å². The van der Waals surface area contributed by atoms with Crippen LogP contribution in [0.2, 0.25) is 0 Å². The SMILES string of the molecule is O=C1Nc2cc(OCC3CCCO3)ccc2CCC1=NC(=O)c1cc(Cc2ccccc2)on1. The lowest BCUT2D eigenvalue weighted by atomic mass is 10.1. The Balaban J connectivity index is 1.24. The number of ether oxygens (including phenoxy) is 2. The van der Waals surface area contributed by atoms with Gasteiger partial charge in [0.2, 0.25) is 0 Å². The Hall–Kier alpha value is -3.78. The molecule has 2 aromatic carbocycles. The lowest BCUT2D eigenvalue weighted by molar-refractivity contribution is -0.110. The van der Waals surface area contributed by atoms with Gasteiger partial charge in [0.25, 0.3) is 11.8 Å². The first-order chi connectivity index (χ1) is 16.6. The van der Waals surface area contributed by atoms with Crippen molar-refractivity contribution in [2.75, 3.05) is 18.5 Å². The molecule has 1 atom stereocenters. The molecule has 1 unspecified atom stereocenters. The Labute approximate surface area is 197 Å². The van der Waals surface area contributed by atoms with E-state index in [4.69, 9.17) is 14.0 Å². The molecule has 2 aliphatic heterocycles. The van der Waals surface area contributed by atoms with Crippen molar-refractivity contribution in [3.8, 4) is 5.75 Å². The number of carbonyl (C=O) groups excluding carboxylic acids is 2. The summed E-state index contributed by atoms with van der Waals surface area (Å²) in [5.41, 5.74) is 2.92. The maximum absolute atomic E-state index is 12.8. The second-order valence-corrected chi connectivity index (χ2v) is 8.42. The van der Waals surface area contributed by atoms with Crippen molar-refractivity contribution in [3.05, 3.63) is 77.2 Å². The number of nitrogens with zero attached hydrogens (tertiary/aromatic N) is 2. The number of rotatable bonds is 6. The summed E-state index contributed by atoms with van der Waals surface area (Å²) < 4.78 is 16.7. The van der Waals surface area contributed by atoms with Crippen LogP contribution in [0.1, 0.15) is 46.6 Å². The van der Waals surface area contributed by atoms with Gasteiger partial charge in [0, 0.05) is 30.8 Å². The number of aryl methyl sites for hydroxylation is 1. The van der Waals surface area contributed by atoms with Crippen LogP contribution in [-0.2, 0) is 22.4 Å². The van der Waals surface area contributed by atoms with Gasteiger partial charge in [-0.25, -0.2) is 4.99 Å². The van der Waals surface area contributed by atoms with Gasteiger partial charge in [-0.05, 0) is 42.9 Å². The van der Waals surface area contributed by atoms with Crippen molar-refractivity contribution in [1.29, 1.82) is 0 Å². The van der Waals surface area contributed by atoms with E-state index >= 15 is 0 Å². The smallest absolute Gasteiger partial charge is 0.299 e. The molecule has 5 rings (SSSR count). The van der Waals surface area contributed by atoms with E-state index in [0.29, 0.717) is 43.1 Å².